The summed E-state index contributed by atoms with van der Waals surface area (Å²) in [5, 5.41) is 0. The highest BCUT2D eigenvalue weighted by Gasteiger charge is 2.23. The average Bonchev–Trinajstić information content (AvgIpc) is 1.87. The van der Waals surface area contributed by atoms with Crippen molar-refractivity contribution >= 4 is 13.6 Å². The van der Waals surface area contributed by atoms with Crippen LogP contribution in [-0.2, 0) is 9.31 Å². The lowest BCUT2D eigenvalue weighted by Crippen LogP contribution is -2.36. The van der Waals surface area contributed by atoms with Gasteiger partial charge in [-0.1, -0.05) is 13.6 Å². The summed E-state index contributed by atoms with van der Waals surface area (Å²) in [6, 6.07) is 0. The van der Waals surface area contributed by atoms with Gasteiger partial charge in [-0.15, -0.1) is 0 Å². The van der Waals surface area contributed by atoms with Gasteiger partial charge in [0, 0.05) is 13.2 Å². The fraction of sp³-hybridized carbons (Fsp3) is 1.00. The van der Waals surface area contributed by atoms with Crippen molar-refractivity contribution in [2.45, 2.75) is 27.5 Å². The van der Waals surface area contributed by atoms with Crippen LogP contribution in [0.4, 0.5) is 0 Å². The SMILES string of the molecule is CCOB(OCC)B(C)C. The smallest absolute Gasteiger partial charge is 0.405 e. The van der Waals surface area contributed by atoms with Crippen LogP contribution in [0.5, 0.6) is 0 Å². The van der Waals surface area contributed by atoms with Gasteiger partial charge in [0.05, 0.1) is 0 Å². The summed E-state index contributed by atoms with van der Waals surface area (Å²) in [5.74, 6) is 0. The third-order valence-corrected chi connectivity index (χ3v) is 1.21. The van der Waals surface area contributed by atoms with Crippen molar-refractivity contribution in [3.63, 3.8) is 0 Å². The first-order valence-electron chi connectivity index (χ1n) is 3.95. The molecule has 0 aromatic carbocycles. The lowest BCUT2D eigenvalue weighted by molar-refractivity contribution is 0.230. The lowest BCUT2D eigenvalue weighted by Gasteiger charge is -2.13. The summed E-state index contributed by atoms with van der Waals surface area (Å²) in [6.07, 6.45) is 0. The van der Waals surface area contributed by atoms with Crippen LogP contribution >= 0.6 is 0 Å². The summed E-state index contributed by atoms with van der Waals surface area (Å²) in [5.41, 5.74) is 0. The first-order chi connectivity index (χ1) is 4.72. The molecule has 4 heteroatoms. The minimum Gasteiger partial charge on any atom is -0.418 e. The molecular weight excluding hydrogens is 126 g/mol. The quantitative estimate of drug-likeness (QED) is 0.539. The van der Waals surface area contributed by atoms with Crippen molar-refractivity contribution in [3.8, 4) is 0 Å². The van der Waals surface area contributed by atoms with E-state index in [1.807, 2.05) is 13.8 Å². The molecular formula is C6H16B2O2. The number of hydrogen-bond donors (Lipinski definition) is 0. The first-order valence-corrected chi connectivity index (χ1v) is 3.95. The second-order valence-corrected chi connectivity index (χ2v) is 2.52. The fourth-order valence-electron chi connectivity index (χ4n) is 0.762. The topological polar surface area (TPSA) is 18.5 Å². The van der Waals surface area contributed by atoms with Crippen molar-refractivity contribution < 1.29 is 9.31 Å². The van der Waals surface area contributed by atoms with Crippen LogP contribution in [0.1, 0.15) is 13.8 Å². The minimum atomic E-state index is -0.0185. The number of hydrogen-bond acceptors (Lipinski definition) is 2. The molecule has 0 aliphatic heterocycles. The van der Waals surface area contributed by atoms with E-state index in [1.165, 1.54) is 0 Å². The molecule has 0 aromatic rings. The summed E-state index contributed by atoms with van der Waals surface area (Å²) in [7, 11) is -0.0185. The van der Waals surface area contributed by atoms with Crippen molar-refractivity contribution in [1.29, 1.82) is 0 Å². The molecule has 0 unspecified atom stereocenters. The van der Waals surface area contributed by atoms with E-state index < -0.39 is 0 Å². The van der Waals surface area contributed by atoms with Crippen LogP contribution in [0.25, 0.3) is 0 Å². The third kappa shape index (κ3) is 3.96. The van der Waals surface area contributed by atoms with Gasteiger partial charge in [-0.05, 0) is 13.8 Å². The molecule has 0 saturated carbocycles. The Morgan fingerprint density at radius 3 is 1.60 bits per heavy atom. The van der Waals surface area contributed by atoms with E-state index in [1.54, 1.807) is 0 Å². The van der Waals surface area contributed by atoms with Gasteiger partial charge in [0.25, 0.3) is 0 Å². The van der Waals surface area contributed by atoms with Crippen LogP contribution in [0.2, 0.25) is 13.6 Å². The standard InChI is InChI=1S/C6H16B2O2/c1-5-9-8(7(3)4)10-6-2/h5-6H2,1-4H3. The van der Waals surface area contributed by atoms with Gasteiger partial charge >= 0.3 is 7.01 Å². The Labute approximate surface area is 64.5 Å². The van der Waals surface area contributed by atoms with E-state index in [0.29, 0.717) is 6.60 Å². The average molecular weight is 142 g/mol. The zero-order valence-electron chi connectivity index (χ0n) is 7.39. The van der Waals surface area contributed by atoms with Gasteiger partial charge in [0.15, 0.2) is 6.60 Å². The van der Waals surface area contributed by atoms with Crippen molar-refractivity contribution in [1.82, 2.24) is 0 Å². The molecule has 0 atom stereocenters. The van der Waals surface area contributed by atoms with E-state index in [4.69, 9.17) is 9.31 Å². The molecule has 10 heavy (non-hydrogen) atoms. The predicted octanol–water partition coefficient (Wildman–Crippen LogP) is 1.38. The van der Waals surface area contributed by atoms with E-state index in [-0.39, 0.29) is 7.01 Å². The summed E-state index contributed by atoms with van der Waals surface area (Å²) >= 11 is 0. The van der Waals surface area contributed by atoms with Gasteiger partial charge < -0.3 is 9.31 Å². The van der Waals surface area contributed by atoms with Crippen LogP contribution in [0, 0.1) is 0 Å². The molecule has 0 aromatic heterocycles. The molecule has 2 nitrogen and oxygen atoms in total. The molecule has 0 spiro atoms. The maximum absolute atomic E-state index is 5.32. The molecule has 58 valence electrons. The Kier molecular flexibility index (Phi) is 5.84. The van der Waals surface area contributed by atoms with E-state index in [0.717, 1.165) is 13.2 Å². The highest BCUT2D eigenvalue weighted by molar-refractivity contribution is 7.15. The molecule has 0 bridgehead atoms. The largest absolute Gasteiger partial charge is 0.418 e. The van der Waals surface area contributed by atoms with Gasteiger partial charge in [-0.3, -0.25) is 0 Å². The molecule has 0 fully saturated rings. The van der Waals surface area contributed by atoms with Gasteiger partial charge in [0.2, 0.25) is 0 Å². The first kappa shape index (κ1) is 10.0. The molecule has 0 amide bonds. The van der Waals surface area contributed by atoms with Gasteiger partial charge in [-0.2, -0.15) is 0 Å². The van der Waals surface area contributed by atoms with Crippen LogP contribution in [0.3, 0.4) is 0 Å². The maximum Gasteiger partial charge on any atom is 0.405 e. The van der Waals surface area contributed by atoms with Crippen LogP contribution < -0.4 is 0 Å². The fourth-order valence-corrected chi connectivity index (χ4v) is 0.762. The summed E-state index contributed by atoms with van der Waals surface area (Å²) in [6.45, 7) is 10.0. The normalized spacial score (nSPS) is 9.60. The Hall–Kier alpha value is 0.0499. The molecule has 0 aliphatic rings. The molecule has 0 saturated heterocycles. The predicted molar refractivity (Wildman–Crippen MR) is 46.5 cm³/mol. The minimum absolute atomic E-state index is 0.0185. The summed E-state index contributed by atoms with van der Waals surface area (Å²) < 4.78 is 10.6. The monoisotopic (exact) mass is 142 g/mol. The summed E-state index contributed by atoms with van der Waals surface area (Å²) in [4.78, 5) is 0. The highest BCUT2D eigenvalue weighted by Crippen LogP contribution is 1.94. The van der Waals surface area contributed by atoms with E-state index in [2.05, 4.69) is 13.6 Å². The van der Waals surface area contributed by atoms with E-state index in [9.17, 15) is 0 Å². The van der Waals surface area contributed by atoms with Gasteiger partial charge in [-0.25, -0.2) is 0 Å². The Bertz CT molecular complexity index is 72.1. The van der Waals surface area contributed by atoms with Crippen LogP contribution in [-0.4, -0.2) is 26.8 Å². The Morgan fingerprint density at radius 2 is 1.40 bits per heavy atom. The molecule has 0 N–H and O–H groups in total. The molecule has 0 aliphatic carbocycles. The highest BCUT2D eigenvalue weighted by atomic mass is 16.6. The molecule has 0 rings (SSSR count). The number of rotatable bonds is 5. The van der Waals surface area contributed by atoms with E-state index >= 15 is 0 Å². The Morgan fingerprint density at radius 1 is 1.00 bits per heavy atom. The van der Waals surface area contributed by atoms with Crippen LogP contribution in [0.15, 0.2) is 0 Å². The molecule has 0 heterocycles. The second-order valence-electron chi connectivity index (χ2n) is 2.52. The third-order valence-electron chi connectivity index (χ3n) is 1.21. The second kappa shape index (κ2) is 5.81. The maximum atomic E-state index is 5.32. The van der Waals surface area contributed by atoms with Crippen molar-refractivity contribution in [2.24, 2.45) is 0 Å². The Balaban J connectivity index is 3.50. The van der Waals surface area contributed by atoms with Gasteiger partial charge in [0.1, 0.15) is 0 Å². The lowest BCUT2D eigenvalue weighted by atomic mass is 9.27. The molecule has 0 radical (unpaired) electrons. The van der Waals surface area contributed by atoms with Crippen molar-refractivity contribution in [2.75, 3.05) is 13.2 Å². The zero-order valence-corrected chi connectivity index (χ0v) is 7.39. The van der Waals surface area contributed by atoms with Crippen molar-refractivity contribution in [3.05, 3.63) is 0 Å². The zero-order chi connectivity index (χ0) is 7.98.